The van der Waals surface area contributed by atoms with Gasteiger partial charge in [-0.1, -0.05) is 258 Å². The molecule has 0 bridgehead atoms. The van der Waals surface area contributed by atoms with Crippen molar-refractivity contribution in [3.63, 3.8) is 0 Å². The number of ether oxygens (including phenoxy) is 7. The summed E-state index contributed by atoms with van der Waals surface area (Å²) in [5.41, 5.74) is 17.7. The van der Waals surface area contributed by atoms with E-state index in [0.717, 1.165) is 138 Å². The first-order valence-electron chi connectivity index (χ1n) is 42.3. The molecule has 0 aliphatic rings. The molecular weight excluding hydrogens is 1870 g/mol. The van der Waals surface area contributed by atoms with Gasteiger partial charge in [-0.25, -0.2) is 43.3 Å². The van der Waals surface area contributed by atoms with Crippen LogP contribution in [0.2, 0.25) is 0 Å². The topological polar surface area (TPSA) is 399 Å². The van der Waals surface area contributed by atoms with Crippen molar-refractivity contribution in [1.29, 1.82) is 0.594 Å². The SMILES string of the molecule is C.C.CC(=O)OOC(C)=O.CC(=O)[O-].CCO.CCOC(=O)/C=C/c1ccc(C=O)cc1.CCOC(=O)/C=C/c1ccc(CN(C/C=C/c2ccccc2)CCOC)cc1.CCOC(=O)/C=C/c1ccc(CNCCOC)cc1.COCCN.COCCN(C/C=C/c1ccccc1)Cc1ccc(/C=C/C(=O)O)cc1.O=C/C=C/c1ccccc1.O=Cc1ccc(/C=C/C(=O)O)cc1.[2H][I-]C.[B].[Na+]. The van der Waals surface area contributed by atoms with Gasteiger partial charge in [0.15, 0.2) is 0 Å². The van der Waals surface area contributed by atoms with Crippen molar-refractivity contribution in [2.24, 2.45) is 5.73 Å². The average Bonchev–Trinajstić information content (AvgIpc) is 1.03. The third-order valence-corrected chi connectivity index (χ3v) is 15.6. The predicted octanol–water partition coefficient (Wildman–Crippen LogP) is 9.11. The van der Waals surface area contributed by atoms with Gasteiger partial charge in [0.2, 0.25) is 0 Å². The van der Waals surface area contributed by atoms with E-state index in [4.69, 9.17) is 60.0 Å². The molecule has 3 radical (unpaired) electrons. The van der Waals surface area contributed by atoms with Gasteiger partial charge in [0, 0.05) is 164 Å². The van der Waals surface area contributed by atoms with E-state index < -0.39 is 29.8 Å². The largest absolute Gasteiger partial charge is 1.00 e. The van der Waals surface area contributed by atoms with Crippen LogP contribution >= 0.6 is 0 Å². The van der Waals surface area contributed by atoms with Crippen molar-refractivity contribution >= 4 is 124 Å². The van der Waals surface area contributed by atoms with Crippen LogP contribution in [0.4, 0.5) is 0 Å². The van der Waals surface area contributed by atoms with Crippen LogP contribution < -0.4 is 68.1 Å². The first-order valence-corrected chi connectivity index (χ1v) is 44.1. The number of halogens is 1. The summed E-state index contributed by atoms with van der Waals surface area (Å²) in [5, 5.41) is 36.7. The van der Waals surface area contributed by atoms with Gasteiger partial charge in [-0.05, 0) is 132 Å². The van der Waals surface area contributed by atoms with E-state index in [2.05, 4.69) is 90.3 Å². The third kappa shape index (κ3) is 87.7. The predicted molar refractivity (Wildman–Crippen MR) is 538 cm³/mol. The van der Waals surface area contributed by atoms with E-state index in [1.54, 1.807) is 135 Å². The van der Waals surface area contributed by atoms with Crippen LogP contribution in [0.1, 0.15) is 145 Å². The van der Waals surface area contributed by atoms with Crippen LogP contribution in [0, 0.1) is 0 Å². The number of nitrogens with one attached hydrogen (secondary N) is 1. The number of aliphatic hydroxyl groups excluding tert-OH is 1. The molecule has 0 unspecified atom stereocenters. The van der Waals surface area contributed by atoms with Gasteiger partial charge in [-0.15, -0.1) is 0 Å². The number of aldehydes is 3. The van der Waals surface area contributed by atoms with Crippen molar-refractivity contribution in [2.45, 2.75) is 83.0 Å². The van der Waals surface area contributed by atoms with Gasteiger partial charge in [0.05, 0.1) is 46.2 Å². The second-order valence-corrected chi connectivity index (χ2v) is 26.3. The minimum atomic E-state index is -1.08. The molecule has 0 atom stereocenters. The normalized spacial score (nSPS) is 10.1. The van der Waals surface area contributed by atoms with E-state index >= 15 is 0 Å². The number of carboxylic acid groups (broad SMARTS) is 3. The van der Waals surface area contributed by atoms with E-state index in [0.29, 0.717) is 63.9 Å². The maximum Gasteiger partial charge on any atom is 1.00 e. The number of rotatable bonds is 40. The van der Waals surface area contributed by atoms with Crippen molar-refractivity contribution in [2.75, 3.05) is 125 Å². The fourth-order valence-electron chi connectivity index (χ4n) is 9.57. The number of alkyl halides is 1. The molecule has 137 heavy (non-hydrogen) atoms. The molecule has 0 saturated carbocycles. The number of nitrogens with two attached hydrogens (primary N) is 1. The molecule has 31 heteroatoms. The van der Waals surface area contributed by atoms with Crippen molar-refractivity contribution in [3.8, 4) is 0 Å². The Kier molecular flexibility index (Phi) is 97.4. The standard InChI is InChI=1S/C24H29NO3.C22H25NO3.C15H21NO3.C12H12O3.C10H8O3.C9H8O.C4H6O4.C3H9NO.C2H4O2.C2H6O.CH4I.2CH4.B.Na/c1-3-28-24(26)16-15-22-11-13-23(14-12-22)20-25(18-19-27-2)17-7-10-21-8-5-4-6-9-21;1-26-17-16-23(15-5-8-19-6-3-2-4-7-19)18-21-11-9-20(10-12-21)13-14-22(24)25;1-3-19-15(17)9-8-13-4-6-14(7-5-13)12-16-10-11-18-2;1-2-15-12(14)8-7-10-3-5-11(9-13)6-4-10;11-7-9-3-1-8(2-4-9)5-6-10(12)13;10-8-4-7-9-5-2-1-3-6-9;1-3(5)7-8-4(2)6;1-5-3-2-4;1-2(3)4;1-2-3;1-2;;;;/h4-16H,3,17-20H2,1-2H3;2-14H,15-18H2,1H3,(H,24,25);4-9,16H,3,10-12H2,1-2H3;3-9H,2H2,1H3;1-7H,(H,12,13);1-8H;1-2H3;2-4H2,1H3;1H3,(H,3,4);3H,2H2,1H3;2H,1H3;2*1H4;;/q;;;;;;;;;;-1;;;;+1/p-1/b10-7+,16-15+;8-5+,14-13+;9-8+;8-7+;6-5+;7-4+;;;;;;;;;/i;;;;;;;;;;2D;;;;. The molecular formula is C106H139BIN4NaO24-. The zero-order valence-electron chi connectivity index (χ0n) is 80.5. The monoisotopic (exact) mass is 2010 g/mol. The molecule has 0 amide bonds. The summed E-state index contributed by atoms with van der Waals surface area (Å²) in [6.45, 7) is 21.7. The molecule has 0 aromatic heterocycles. The Morgan fingerprint density at radius 2 is 0.686 bits per heavy atom. The fraction of sp³-hybridized carbons (Fsp3) is 0.292. The summed E-state index contributed by atoms with van der Waals surface area (Å²) in [5.74, 6) is -5.28. The number of carbonyl (C=O) groups is 11. The summed E-state index contributed by atoms with van der Waals surface area (Å²) in [7, 11) is 6.75. The van der Waals surface area contributed by atoms with E-state index in [1.165, 1.54) is 58.2 Å². The van der Waals surface area contributed by atoms with Crippen molar-refractivity contribution in [3.05, 3.63) is 333 Å². The number of hydrogen-bond donors (Lipinski definition) is 5. The average molecular weight is 2010 g/mol. The third-order valence-electron chi connectivity index (χ3n) is 15.6. The molecule has 739 valence electrons. The maximum absolute atomic E-state index is 11.4. The first-order chi connectivity index (χ1) is 64.6. The van der Waals surface area contributed by atoms with Gasteiger partial charge in [-0.3, -0.25) is 24.2 Å². The number of aliphatic carboxylic acids is 3. The number of nitrogens with zero attached hydrogens (tertiary/aromatic N) is 2. The van der Waals surface area contributed by atoms with Crippen LogP contribution in [0.5, 0.6) is 0 Å². The molecule has 8 aromatic rings. The summed E-state index contributed by atoms with van der Waals surface area (Å²) < 4.78 is 40.7. The Labute approximate surface area is 848 Å². The van der Waals surface area contributed by atoms with Gasteiger partial charge >= 0.3 is 99.3 Å². The number of methoxy groups -OCH3 is 4. The quantitative estimate of drug-likeness (QED) is 0.00228. The smallest absolute Gasteiger partial charge is 0 e. The molecule has 0 spiro atoms. The minimum Gasteiger partial charge on any atom is 0 e. The Bertz CT molecular complexity index is 4670. The van der Waals surface area contributed by atoms with Crippen molar-refractivity contribution in [1.82, 2.24) is 15.1 Å². The number of aliphatic hydroxyl groups is 1. The fourth-order valence-corrected chi connectivity index (χ4v) is 9.57. The van der Waals surface area contributed by atoms with Gasteiger partial charge in [0.1, 0.15) is 18.9 Å². The Balaban J connectivity index is -0.000000289. The van der Waals surface area contributed by atoms with Gasteiger partial charge in [-0.2, -0.15) is 0 Å². The molecule has 0 saturated heterocycles. The summed E-state index contributed by atoms with van der Waals surface area (Å²) in [4.78, 5) is 128. The number of allylic oxidation sites excluding steroid dienone is 1. The molecule has 0 fully saturated rings. The molecule has 0 aliphatic carbocycles. The minimum absolute atomic E-state index is 0. The maximum atomic E-state index is 11.4. The Hall–Kier alpha value is -12.1. The van der Waals surface area contributed by atoms with E-state index in [1.807, 2.05) is 132 Å². The molecule has 6 N–H and O–H groups in total. The zero-order chi connectivity index (χ0) is 100. The first kappa shape index (κ1) is 136. The Morgan fingerprint density at radius 3 is 0.934 bits per heavy atom. The van der Waals surface area contributed by atoms with Crippen LogP contribution in [-0.2, 0) is 106 Å². The molecule has 0 heterocycles. The van der Waals surface area contributed by atoms with E-state index in [-0.39, 0.29) is 99.7 Å². The Morgan fingerprint density at radius 1 is 0.423 bits per heavy atom. The number of esters is 3. The molecule has 8 rings (SSSR count). The van der Waals surface area contributed by atoms with Gasteiger partial charge in [0.25, 0.3) is 0 Å². The second kappa shape index (κ2) is 98.4. The van der Waals surface area contributed by atoms with Crippen LogP contribution in [0.15, 0.2) is 261 Å². The number of carbonyl (C=O) groups excluding carboxylic acids is 9. The number of carboxylic acids is 3. The van der Waals surface area contributed by atoms with Crippen LogP contribution in [0.3, 0.4) is 0 Å². The summed E-state index contributed by atoms with van der Waals surface area (Å²) in [6, 6.07) is 67.9. The second-order valence-electron chi connectivity index (χ2n) is 26.3. The molecule has 0 aliphatic heterocycles. The summed E-state index contributed by atoms with van der Waals surface area (Å²) >= 11 is -0.160. The summed E-state index contributed by atoms with van der Waals surface area (Å²) in [6.07, 6.45) is 28.8. The zero-order valence-corrected chi connectivity index (χ0v) is 83.7. The van der Waals surface area contributed by atoms with Gasteiger partial charge < -0.3 is 69.4 Å². The van der Waals surface area contributed by atoms with E-state index in [9.17, 15) is 47.9 Å². The van der Waals surface area contributed by atoms with Crippen LogP contribution in [-0.4, -0.2) is 226 Å². The number of hydrogen-bond acceptors (Lipinski definition) is 26. The number of benzene rings is 8. The van der Waals surface area contributed by atoms with Crippen LogP contribution in [0.25, 0.3) is 48.6 Å². The molecule has 8 aromatic carbocycles. The van der Waals surface area contributed by atoms with Crippen molar-refractivity contribution < 1.29 is 168 Å². The molecule has 28 nitrogen and oxygen atoms in total.